The monoisotopic (exact) mass is 189 g/mol. The smallest absolute Gasteiger partial charge is 0.356 e. The summed E-state index contributed by atoms with van der Waals surface area (Å²) in [5.41, 5.74) is -0.128. The van der Waals surface area contributed by atoms with Gasteiger partial charge >= 0.3 is 11.9 Å². The molecule has 0 aliphatic heterocycles. The Bertz CT molecular complexity index is 223. The number of carbonyl (C=O) groups excluding carboxylic acids is 2. The fourth-order valence-electron chi connectivity index (χ4n) is 0.579. The molecule has 6 nitrogen and oxygen atoms in total. The summed E-state index contributed by atoms with van der Waals surface area (Å²) in [6.45, 7) is 0. The molecule has 0 aliphatic rings. The molecule has 0 aliphatic carbocycles. The Kier molecular flexibility index (Phi) is 5.25. The van der Waals surface area contributed by atoms with Gasteiger partial charge < -0.3 is 14.3 Å². The molecule has 0 radical (unpaired) electrons. The van der Waals surface area contributed by atoms with Crippen molar-refractivity contribution in [3.8, 4) is 0 Å². The zero-order valence-corrected chi connectivity index (χ0v) is 7.70. The molecule has 6 heteroatoms. The molecule has 0 rings (SSSR count). The van der Waals surface area contributed by atoms with Crippen LogP contribution in [0.2, 0.25) is 0 Å². The van der Waals surface area contributed by atoms with Crippen molar-refractivity contribution in [1.82, 2.24) is 0 Å². The Labute approximate surface area is 75.4 Å². The van der Waals surface area contributed by atoms with Gasteiger partial charge in [-0.2, -0.15) is 0 Å². The second-order valence-corrected chi connectivity index (χ2v) is 1.97. The van der Waals surface area contributed by atoms with Crippen molar-refractivity contribution in [2.75, 3.05) is 21.3 Å². The Balaban J connectivity index is 4.36. The summed E-state index contributed by atoms with van der Waals surface area (Å²) in [4.78, 5) is 26.0. The normalized spacial score (nSPS) is 10.5. The molecule has 0 aromatic carbocycles. The van der Waals surface area contributed by atoms with Gasteiger partial charge in [0.25, 0.3) is 0 Å². The molecule has 0 fully saturated rings. The molecule has 74 valence electrons. The van der Waals surface area contributed by atoms with Crippen molar-refractivity contribution >= 4 is 17.7 Å². The second-order valence-electron chi connectivity index (χ2n) is 1.97. The first-order chi connectivity index (χ1) is 6.15. The Morgan fingerprint density at radius 2 is 1.77 bits per heavy atom. The zero-order valence-electron chi connectivity index (χ0n) is 7.70. The third kappa shape index (κ3) is 4.09. The predicted octanol–water partition coefficient (Wildman–Crippen LogP) is -0.275. The largest absolute Gasteiger partial charge is 0.469 e. The molecule has 0 unspecified atom stereocenters. The maximum absolute atomic E-state index is 10.9. The standard InChI is InChI=1S/C7H11NO5/c1-11-6(9)4-5(8-13-3)7(10)12-2/h4H2,1-3H3/b8-5+. The molecule has 0 bridgehead atoms. The maximum atomic E-state index is 10.9. The molecular weight excluding hydrogens is 178 g/mol. The lowest BCUT2D eigenvalue weighted by molar-refractivity contribution is -0.140. The highest BCUT2D eigenvalue weighted by atomic mass is 16.6. The van der Waals surface area contributed by atoms with Crippen molar-refractivity contribution in [3.05, 3.63) is 0 Å². The van der Waals surface area contributed by atoms with E-state index in [0.29, 0.717) is 0 Å². The third-order valence-electron chi connectivity index (χ3n) is 1.16. The summed E-state index contributed by atoms with van der Waals surface area (Å²) < 4.78 is 8.69. The Morgan fingerprint density at radius 1 is 1.15 bits per heavy atom. The summed E-state index contributed by atoms with van der Waals surface area (Å²) in [5, 5.41) is 3.32. The lowest BCUT2D eigenvalue weighted by atomic mass is 10.3. The SMILES string of the molecule is CO/N=C(\CC(=O)OC)C(=O)OC. The third-order valence-corrected chi connectivity index (χ3v) is 1.16. The average Bonchev–Trinajstić information content (AvgIpc) is 2.15. The molecule has 0 amide bonds. The summed E-state index contributed by atoms with van der Waals surface area (Å²) >= 11 is 0. The van der Waals surface area contributed by atoms with Gasteiger partial charge in [0.2, 0.25) is 0 Å². The van der Waals surface area contributed by atoms with Crippen LogP contribution < -0.4 is 0 Å². The maximum Gasteiger partial charge on any atom is 0.356 e. The first-order valence-corrected chi connectivity index (χ1v) is 3.40. The second kappa shape index (κ2) is 5.99. The van der Waals surface area contributed by atoms with Gasteiger partial charge in [-0.25, -0.2) is 4.79 Å². The van der Waals surface area contributed by atoms with E-state index in [1.165, 1.54) is 21.3 Å². The van der Waals surface area contributed by atoms with E-state index < -0.39 is 11.9 Å². The van der Waals surface area contributed by atoms with E-state index in [0.717, 1.165) is 0 Å². The molecule has 0 spiro atoms. The van der Waals surface area contributed by atoms with Gasteiger partial charge in [-0.1, -0.05) is 5.16 Å². The van der Waals surface area contributed by atoms with Crippen molar-refractivity contribution in [2.24, 2.45) is 5.16 Å². The fourth-order valence-corrected chi connectivity index (χ4v) is 0.579. The number of hydrogen-bond acceptors (Lipinski definition) is 6. The van der Waals surface area contributed by atoms with E-state index in [1.54, 1.807) is 0 Å². The molecule has 0 N–H and O–H groups in total. The minimum Gasteiger partial charge on any atom is -0.469 e. The van der Waals surface area contributed by atoms with Gasteiger partial charge in [-0.15, -0.1) is 0 Å². The number of methoxy groups -OCH3 is 2. The van der Waals surface area contributed by atoms with Gasteiger partial charge in [-0.05, 0) is 0 Å². The van der Waals surface area contributed by atoms with Gasteiger partial charge in [-0.3, -0.25) is 4.79 Å². The highest BCUT2D eigenvalue weighted by Crippen LogP contribution is 1.93. The van der Waals surface area contributed by atoms with E-state index >= 15 is 0 Å². The van der Waals surface area contributed by atoms with E-state index in [4.69, 9.17) is 0 Å². The number of carbonyl (C=O) groups is 2. The van der Waals surface area contributed by atoms with Crippen molar-refractivity contribution in [1.29, 1.82) is 0 Å². The van der Waals surface area contributed by atoms with Crippen molar-refractivity contribution in [2.45, 2.75) is 6.42 Å². The molecular formula is C7H11NO5. The van der Waals surface area contributed by atoms with Gasteiger partial charge in [0.05, 0.1) is 20.6 Å². The Morgan fingerprint density at radius 3 is 2.15 bits per heavy atom. The van der Waals surface area contributed by atoms with Crippen LogP contribution in [-0.4, -0.2) is 39.0 Å². The number of oxime groups is 1. The first-order valence-electron chi connectivity index (χ1n) is 3.40. The number of ether oxygens (including phenoxy) is 2. The van der Waals surface area contributed by atoms with Crippen LogP contribution in [0.25, 0.3) is 0 Å². The predicted molar refractivity (Wildman–Crippen MR) is 43.1 cm³/mol. The highest BCUT2D eigenvalue weighted by Gasteiger charge is 2.17. The lowest BCUT2D eigenvalue weighted by Crippen LogP contribution is -2.20. The molecule has 0 aromatic rings. The van der Waals surface area contributed by atoms with E-state index in [1.807, 2.05) is 0 Å². The average molecular weight is 189 g/mol. The van der Waals surface area contributed by atoms with Crippen LogP contribution in [0.3, 0.4) is 0 Å². The minimum absolute atomic E-state index is 0.128. The number of esters is 2. The van der Waals surface area contributed by atoms with Gasteiger partial charge in [0.15, 0.2) is 5.71 Å². The molecule has 0 heterocycles. The molecule has 13 heavy (non-hydrogen) atoms. The highest BCUT2D eigenvalue weighted by molar-refractivity contribution is 6.39. The summed E-state index contributed by atoms with van der Waals surface area (Å²) in [6, 6.07) is 0. The summed E-state index contributed by atoms with van der Waals surface area (Å²) in [6.07, 6.45) is -0.267. The van der Waals surface area contributed by atoms with E-state index in [2.05, 4.69) is 19.5 Å². The van der Waals surface area contributed by atoms with Crippen LogP contribution in [0.15, 0.2) is 5.16 Å². The van der Waals surface area contributed by atoms with Gasteiger partial charge in [0, 0.05) is 0 Å². The molecule has 0 saturated carbocycles. The topological polar surface area (TPSA) is 74.2 Å². The van der Waals surface area contributed by atoms with Crippen molar-refractivity contribution < 1.29 is 23.9 Å². The molecule has 0 aromatic heterocycles. The summed E-state index contributed by atoms with van der Waals surface area (Å²) in [7, 11) is 3.66. The number of hydrogen-bond donors (Lipinski definition) is 0. The van der Waals surface area contributed by atoms with Crippen LogP contribution in [0.5, 0.6) is 0 Å². The van der Waals surface area contributed by atoms with E-state index in [9.17, 15) is 9.59 Å². The Hall–Kier alpha value is -1.59. The van der Waals surface area contributed by atoms with Crippen LogP contribution >= 0.6 is 0 Å². The number of nitrogens with zero attached hydrogens (tertiary/aromatic N) is 1. The van der Waals surface area contributed by atoms with Crippen LogP contribution in [-0.2, 0) is 23.9 Å². The van der Waals surface area contributed by atoms with Crippen LogP contribution in [0.4, 0.5) is 0 Å². The molecule has 0 saturated heterocycles. The van der Waals surface area contributed by atoms with E-state index in [-0.39, 0.29) is 12.1 Å². The minimum atomic E-state index is -0.716. The molecule has 0 atom stereocenters. The van der Waals surface area contributed by atoms with Gasteiger partial charge in [0.1, 0.15) is 7.11 Å². The number of rotatable bonds is 4. The first kappa shape index (κ1) is 11.4. The van der Waals surface area contributed by atoms with Crippen LogP contribution in [0, 0.1) is 0 Å². The lowest BCUT2D eigenvalue weighted by Gasteiger charge is -2.01. The summed E-state index contributed by atoms with van der Waals surface area (Å²) in [5.74, 6) is -1.30. The zero-order chi connectivity index (χ0) is 10.3. The quantitative estimate of drug-likeness (QED) is 0.345. The van der Waals surface area contributed by atoms with Crippen LogP contribution in [0.1, 0.15) is 6.42 Å². The fraction of sp³-hybridized carbons (Fsp3) is 0.571. The van der Waals surface area contributed by atoms with Crippen molar-refractivity contribution in [3.63, 3.8) is 0 Å².